The van der Waals surface area contributed by atoms with Gasteiger partial charge < -0.3 is 5.43 Å². The smallest absolute Gasteiger partial charge is 0.267 e. The van der Waals surface area contributed by atoms with Crippen molar-refractivity contribution in [2.45, 2.75) is 18.7 Å². The van der Waals surface area contributed by atoms with Gasteiger partial charge in [-0.15, -0.1) is 0 Å². The van der Waals surface area contributed by atoms with Crippen LogP contribution in [0.25, 0.3) is 0 Å². The zero-order chi connectivity index (χ0) is 15.6. The summed E-state index contributed by atoms with van der Waals surface area (Å²) in [7, 11) is -3.92. The Labute approximate surface area is 130 Å². The Balaban J connectivity index is 2.45. The maximum atomic E-state index is 12.4. The number of nitrogens with two attached hydrogens (primary N) is 1. The molecule has 2 aromatic heterocycles. The summed E-state index contributed by atoms with van der Waals surface area (Å²) in [6, 6.07) is 3.12. The second-order valence-electron chi connectivity index (χ2n) is 4.22. The standard InChI is InChI=1S/C11H13BrN6O2S/c1-6-3-7(2)16-11(15-6)18-21(19,20)9-4-8(12)5-14-10(9)17-13/h3-5H,13H2,1-2H3,(H,14,17)(H,15,16,18). The van der Waals surface area contributed by atoms with Crippen molar-refractivity contribution in [2.24, 2.45) is 5.84 Å². The van der Waals surface area contributed by atoms with E-state index in [4.69, 9.17) is 5.84 Å². The largest absolute Gasteiger partial charge is 0.307 e. The van der Waals surface area contributed by atoms with Crippen LogP contribution < -0.4 is 16.0 Å². The molecular formula is C11H13BrN6O2S. The van der Waals surface area contributed by atoms with E-state index in [0.717, 1.165) is 0 Å². The minimum absolute atomic E-state index is 0.00422. The summed E-state index contributed by atoms with van der Waals surface area (Å²) in [5, 5.41) is 0. The number of halogens is 1. The monoisotopic (exact) mass is 372 g/mol. The Morgan fingerprint density at radius 3 is 2.38 bits per heavy atom. The van der Waals surface area contributed by atoms with Gasteiger partial charge in [-0.1, -0.05) is 0 Å². The Hall–Kier alpha value is -1.78. The summed E-state index contributed by atoms with van der Waals surface area (Å²) in [5.41, 5.74) is 3.56. The zero-order valence-electron chi connectivity index (χ0n) is 11.3. The van der Waals surface area contributed by atoms with Crippen molar-refractivity contribution in [3.63, 3.8) is 0 Å². The van der Waals surface area contributed by atoms with Crippen molar-refractivity contribution >= 4 is 37.7 Å². The highest BCUT2D eigenvalue weighted by Crippen LogP contribution is 2.23. The van der Waals surface area contributed by atoms with Gasteiger partial charge in [-0.25, -0.2) is 33.9 Å². The predicted octanol–water partition coefficient (Wildman–Crippen LogP) is 1.34. The Morgan fingerprint density at radius 2 is 1.81 bits per heavy atom. The molecule has 0 spiro atoms. The minimum Gasteiger partial charge on any atom is -0.307 e. The summed E-state index contributed by atoms with van der Waals surface area (Å²) in [6.45, 7) is 3.50. The van der Waals surface area contributed by atoms with E-state index >= 15 is 0 Å². The fourth-order valence-corrected chi connectivity index (χ4v) is 3.25. The predicted molar refractivity (Wildman–Crippen MR) is 82.1 cm³/mol. The molecule has 0 saturated carbocycles. The molecule has 21 heavy (non-hydrogen) atoms. The van der Waals surface area contributed by atoms with Crippen LogP contribution in [0.3, 0.4) is 0 Å². The molecule has 0 atom stereocenters. The molecule has 0 aromatic carbocycles. The van der Waals surface area contributed by atoms with E-state index in [1.165, 1.54) is 12.3 Å². The van der Waals surface area contributed by atoms with Crippen LogP contribution in [0.4, 0.5) is 11.8 Å². The van der Waals surface area contributed by atoms with Gasteiger partial charge >= 0.3 is 0 Å². The van der Waals surface area contributed by atoms with Crippen LogP contribution in [0.5, 0.6) is 0 Å². The Morgan fingerprint density at radius 1 is 1.19 bits per heavy atom. The average molecular weight is 373 g/mol. The average Bonchev–Trinajstić information content (AvgIpc) is 2.36. The number of pyridine rings is 1. The first-order valence-corrected chi connectivity index (χ1v) is 8.07. The van der Waals surface area contributed by atoms with E-state index in [1.807, 2.05) is 0 Å². The zero-order valence-corrected chi connectivity index (χ0v) is 13.7. The summed E-state index contributed by atoms with van der Waals surface area (Å²) >= 11 is 3.17. The number of sulfonamides is 1. The maximum Gasteiger partial charge on any atom is 0.267 e. The molecule has 0 amide bonds. The third kappa shape index (κ3) is 3.65. The fourth-order valence-electron chi connectivity index (χ4n) is 1.68. The molecule has 0 aliphatic heterocycles. The van der Waals surface area contributed by atoms with Gasteiger partial charge in [-0.3, -0.25) is 0 Å². The van der Waals surface area contributed by atoms with Crippen molar-refractivity contribution in [1.29, 1.82) is 0 Å². The van der Waals surface area contributed by atoms with Crippen LogP contribution in [0.15, 0.2) is 27.7 Å². The first-order valence-electron chi connectivity index (χ1n) is 5.79. The molecule has 0 unspecified atom stereocenters. The molecule has 0 fully saturated rings. The van der Waals surface area contributed by atoms with Crippen LogP contribution in [0, 0.1) is 13.8 Å². The highest BCUT2D eigenvalue weighted by molar-refractivity contribution is 9.10. The lowest BCUT2D eigenvalue weighted by molar-refractivity contribution is 0.600. The second kappa shape index (κ2) is 5.92. The number of nitrogens with zero attached hydrogens (tertiary/aromatic N) is 3. The van der Waals surface area contributed by atoms with E-state index in [1.54, 1.807) is 19.9 Å². The van der Waals surface area contributed by atoms with E-state index in [0.29, 0.717) is 15.9 Å². The van der Waals surface area contributed by atoms with Gasteiger partial charge in [0.25, 0.3) is 10.0 Å². The maximum absolute atomic E-state index is 12.4. The van der Waals surface area contributed by atoms with Crippen LogP contribution in [-0.2, 0) is 10.0 Å². The van der Waals surface area contributed by atoms with Gasteiger partial charge in [0.15, 0.2) is 5.82 Å². The van der Waals surface area contributed by atoms with E-state index in [-0.39, 0.29) is 16.7 Å². The van der Waals surface area contributed by atoms with Crippen molar-refractivity contribution in [2.75, 3.05) is 10.1 Å². The van der Waals surface area contributed by atoms with Gasteiger partial charge in [0.2, 0.25) is 5.95 Å². The Bertz CT molecular complexity index is 760. The topological polar surface area (TPSA) is 123 Å². The summed E-state index contributed by atoms with van der Waals surface area (Å²) < 4.78 is 27.6. The number of hydrogen-bond acceptors (Lipinski definition) is 7. The molecule has 0 aliphatic rings. The Kier molecular flexibility index (Phi) is 4.40. The number of anilines is 2. The quantitative estimate of drug-likeness (QED) is 0.546. The van der Waals surface area contributed by atoms with Crippen molar-refractivity contribution in [3.05, 3.63) is 34.2 Å². The van der Waals surface area contributed by atoms with Crippen LogP contribution in [0.1, 0.15) is 11.4 Å². The van der Waals surface area contributed by atoms with Crippen LogP contribution >= 0.6 is 15.9 Å². The summed E-state index contributed by atoms with van der Waals surface area (Å²) in [5.74, 6) is 5.31. The molecule has 2 heterocycles. The first-order chi connectivity index (χ1) is 9.81. The van der Waals surface area contributed by atoms with Gasteiger partial charge in [-0.2, -0.15) is 0 Å². The summed E-state index contributed by atoms with van der Waals surface area (Å²) in [4.78, 5) is 11.9. The third-order valence-electron chi connectivity index (χ3n) is 2.45. The molecule has 0 radical (unpaired) electrons. The van der Waals surface area contributed by atoms with Gasteiger partial charge in [0.05, 0.1) is 0 Å². The van der Waals surface area contributed by atoms with Crippen molar-refractivity contribution in [3.8, 4) is 0 Å². The lowest BCUT2D eigenvalue weighted by Crippen LogP contribution is -2.20. The minimum atomic E-state index is -3.92. The molecule has 2 aromatic rings. The normalized spacial score (nSPS) is 11.2. The number of nitrogens with one attached hydrogen (secondary N) is 2. The lowest BCUT2D eigenvalue weighted by Gasteiger charge is -2.11. The number of hydrogen-bond donors (Lipinski definition) is 3. The molecule has 0 bridgehead atoms. The first kappa shape index (κ1) is 15.6. The number of rotatable bonds is 4. The van der Waals surface area contributed by atoms with E-state index < -0.39 is 10.0 Å². The molecular weight excluding hydrogens is 360 g/mol. The van der Waals surface area contributed by atoms with E-state index in [9.17, 15) is 8.42 Å². The second-order valence-corrected chi connectivity index (χ2v) is 6.79. The SMILES string of the molecule is Cc1cc(C)nc(NS(=O)(=O)c2cc(Br)cnc2NN)n1. The molecule has 0 aliphatic carbocycles. The van der Waals surface area contributed by atoms with Crippen molar-refractivity contribution < 1.29 is 8.42 Å². The van der Waals surface area contributed by atoms with Gasteiger partial charge in [-0.05, 0) is 41.9 Å². The highest BCUT2D eigenvalue weighted by Gasteiger charge is 2.21. The molecule has 112 valence electrons. The molecule has 10 heteroatoms. The van der Waals surface area contributed by atoms with Crippen LogP contribution in [0.2, 0.25) is 0 Å². The number of aryl methyl sites for hydroxylation is 2. The number of nitrogen functional groups attached to an aromatic ring is 1. The number of hydrazine groups is 1. The van der Waals surface area contributed by atoms with Gasteiger partial charge in [0.1, 0.15) is 4.90 Å². The highest BCUT2D eigenvalue weighted by atomic mass is 79.9. The summed E-state index contributed by atoms with van der Waals surface area (Å²) in [6.07, 6.45) is 1.43. The molecule has 4 N–H and O–H groups in total. The van der Waals surface area contributed by atoms with Gasteiger partial charge in [0, 0.05) is 22.1 Å². The van der Waals surface area contributed by atoms with E-state index in [2.05, 4.69) is 41.0 Å². The van der Waals surface area contributed by atoms with Crippen molar-refractivity contribution in [1.82, 2.24) is 15.0 Å². The van der Waals surface area contributed by atoms with Crippen LogP contribution in [-0.4, -0.2) is 23.4 Å². The molecule has 2 rings (SSSR count). The molecule has 8 nitrogen and oxygen atoms in total. The third-order valence-corrected chi connectivity index (χ3v) is 4.23. The number of aromatic nitrogens is 3. The lowest BCUT2D eigenvalue weighted by atomic mass is 10.4. The molecule has 0 saturated heterocycles. The fraction of sp³-hybridized carbons (Fsp3) is 0.182.